The van der Waals surface area contributed by atoms with Crippen molar-refractivity contribution in [1.82, 2.24) is 10.6 Å². The third-order valence-corrected chi connectivity index (χ3v) is 5.13. The van der Waals surface area contributed by atoms with Crippen molar-refractivity contribution < 1.29 is 19.1 Å². The summed E-state index contributed by atoms with van der Waals surface area (Å²) in [6, 6.07) is 7.12. The Morgan fingerprint density at radius 2 is 1.54 bits per heavy atom. The molecule has 2 N–H and O–H groups in total. The number of rotatable bonds is 12. The molecule has 1 aromatic rings. The van der Waals surface area contributed by atoms with Gasteiger partial charge in [-0.15, -0.1) is 11.8 Å². The lowest BCUT2D eigenvalue weighted by atomic mass is 10.2. The van der Waals surface area contributed by atoms with Crippen molar-refractivity contribution in [2.24, 2.45) is 0 Å². The number of carbonyl (C=O) groups excluding carboxylic acids is 3. The van der Waals surface area contributed by atoms with Crippen LogP contribution in [-0.4, -0.2) is 42.2 Å². The fraction of sp³-hybridized carbons (Fsp3) is 0.571. The quantitative estimate of drug-likeness (QED) is 0.408. The second-order valence-corrected chi connectivity index (χ2v) is 7.89. The van der Waals surface area contributed by atoms with Crippen molar-refractivity contribution in [3.63, 3.8) is 0 Å². The van der Waals surface area contributed by atoms with Crippen molar-refractivity contribution >= 4 is 29.5 Å². The van der Waals surface area contributed by atoms with Gasteiger partial charge in [0, 0.05) is 17.0 Å². The Morgan fingerprint density at radius 1 is 0.964 bits per heavy atom. The van der Waals surface area contributed by atoms with Gasteiger partial charge >= 0.3 is 5.97 Å². The van der Waals surface area contributed by atoms with Gasteiger partial charge in [0.25, 0.3) is 5.91 Å². The first-order valence-electron chi connectivity index (χ1n) is 9.85. The van der Waals surface area contributed by atoms with Gasteiger partial charge in [-0.3, -0.25) is 9.59 Å². The molecule has 0 aromatic heterocycles. The first-order valence-corrected chi connectivity index (χ1v) is 10.8. The van der Waals surface area contributed by atoms with Gasteiger partial charge in [0.05, 0.1) is 11.3 Å². The van der Waals surface area contributed by atoms with Crippen molar-refractivity contribution in [3.8, 4) is 0 Å². The lowest BCUT2D eigenvalue weighted by Gasteiger charge is -2.14. The molecule has 0 bridgehead atoms. The predicted molar refractivity (Wildman–Crippen MR) is 112 cm³/mol. The lowest BCUT2D eigenvalue weighted by molar-refractivity contribution is -0.125. The number of carbonyl (C=O) groups is 3. The van der Waals surface area contributed by atoms with Crippen molar-refractivity contribution in [3.05, 3.63) is 29.8 Å². The van der Waals surface area contributed by atoms with Crippen LogP contribution in [0.2, 0.25) is 0 Å². The highest BCUT2D eigenvalue weighted by atomic mass is 32.2. The van der Waals surface area contributed by atoms with Crippen LogP contribution in [0.25, 0.3) is 0 Å². The first kappa shape index (κ1) is 24.0. The standard InChI is InChI=1S/C21H32N2O4S/c1-5-9-15(3)22-19(24)13-27-21(26)17-11-7-8-12-18(17)28-14-20(25)23-16(4)10-6-2/h7-8,11-12,15-16H,5-6,9-10,13-14H2,1-4H3,(H,22,24)(H,23,25)/t15-,16+/m1/s1. The van der Waals surface area contributed by atoms with Gasteiger partial charge in [-0.05, 0) is 38.8 Å². The average molecular weight is 409 g/mol. The number of hydrogen-bond acceptors (Lipinski definition) is 5. The van der Waals surface area contributed by atoms with E-state index in [0.29, 0.717) is 10.5 Å². The number of ether oxygens (including phenoxy) is 1. The van der Waals surface area contributed by atoms with Crippen LogP contribution in [0.1, 0.15) is 63.7 Å². The van der Waals surface area contributed by atoms with E-state index in [1.165, 1.54) is 11.8 Å². The van der Waals surface area contributed by atoms with Crippen molar-refractivity contribution in [2.75, 3.05) is 12.4 Å². The fourth-order valence-corrected chi connectivity index (χ4v) is 3.61. The van der Waals surface area contributed by atoms with E-state index in [-0.39, 0.29) is 36.3 Å². The van der Waals surface area contributed by atoms with E-state index in [1.807, 2.05) is 20.8 Å². The second kappa shape index (κ2) is 13.2. The smallest absolute Gasteiger partial charge is 0.339 e. The van der Waals surface area contributed by atoms with Gasteiger partial charge in [-0.2, -0.15) is 0 Å². The number of esters is 1. The maximum atomic E-state index is 12.4. The number of amides is 2. The molecule has 0 unspecified atom stereocenters. The monoisotopic (exact) mass is 408 g/mol. The summed E-state index contributed by atoms with van der Waals surface area (Å²) in [5.74, 6) is -0.740. The summed E-state index contributed by atoms with van der Waals surface area (Å²) in [5, 5.41) is 5.74. The maximum Gasteiger partial charge on any atom is 0.339 e. The molecule has 156 valence electrons. The van der Waals surface area contributed by atoms with Crippen molar-refractivity contribution in [1.29, 1.82) is 0 Å². The number of thioether (sulfide) groups is 1. The molecule has 2 atom stereocenters. The average Bonchev–Trinajstić information content (AvgIpc) is 2.65. The first-order chi connectivity index (χ1) is 13.4. The second-order valence-electron chi connectivity index (χ2n) is 6.88. The molecule has 6 nitrogen and oxygen atoms in total. The molecule has 0 aliphatic rings. The lowest BCUT2D eigenvalue weighted by Crippen LogP contribution is -2.35. The van der Waals surface area contributed by atoms with E-state index in [0.717, 1.165) is 25.7 Å². The van der Waals surface area contributed by atoms with Gasteiger partial charge in [0.15, 0.2) is 6.61 Å². The Labute approximate surface area is 172 Å². The molecular formula is C21H32N2O4S. The highest BCUT2D eigenvalue weighted by Crippen LogP contribution is 2.23. The summed E-state index contributed by atoms with van der Waals surface area (Å²) >= 11 is 1.28. The zero-order valence-electron chi connectivity index (χ0n) is 17.2. The Hall–Kier alpha value is -2.02. The van der Waals surface area contributed by atoms with Gasteiger partial charge < -0.3 is 15.4 Å². The molecule has 28 heavy (non-hydrogen) atoms. The summed E-state index contributed by atoms with van der Waals surface area (Å²) in [4.78, 5) is 37.0. The van der Waals surface area contributed by atoms with Crippen LogP contribution in [0, 0.1) is 0 Å². The molecule has 1 aromatic carbocycles. The zero-order valence-corrected chi connectivity index (χ0v) is 18.1. The molecule has 0 fully saturated rings. The fourth-order valence-electron chi connectivity index (χ4n) is 2.76. The van der Waals surface area contributed by atoms with Crippen LogP contribution in [0.3, 0.4) is 0 Å². The molecule has 0 spiro atoms. The van der Waals surface area contributed by atoms with Crippen LogP contribution in [0.5, 0.6) is 0 Å². The number of benzene rings is 1. The van der Waals surface area contributed by atoms with Gasteiger partial charge in [0.2, 0.25) is 5.91 Å². The summed E-state index contributed by atoms with van der Waals surface area (Å²) in [5.41, 5.74) is 0.358. The topological polar surface area (TPSA) is 84.5 Å². The van der Waals surface area contributed by atoms with Crippen LogP contribution < -0.4 is 10.6 Å². The summed E-state index contributed by atoms with van der Waals surface area (Å²) in [6.07, 6.45) is 3.78. The minimum atomic E-state index is -0.568. The number of hydrogen-bond donors (Lipinski definition) is 2. The highest BCUT2D eigenvalue weighted by Gasteiger charge is 2.16. The minimum Gasteiger partial charge on any atom is -0.452 e. The molecule has 0 heterocycles. The molecule has 0 saturated heterocycles. The van der Waals surface area contributed by atoms with Crippen LogP contribution >= 0.6 is 11.8 Å². The van der Waals surface area contributed by atoms with Crippen LogP contribution in [0.4, 0.5) is 0 Å². The van der Waals surface area contributed by atoms with E-state index in [4.69, 9.17) is 4.74 Å². The van der Waals surface area contributed by atoms with E-state index in [9.17, 15) is 14.4 Å². The minimum absolute atomic E-state index is 0.0488. The largest absolute Gasteiger partial charge is 0.452 e. The van der Waals surface area contributed by atoms with E-state index in [2.05, 4.69) is 17.6 Å². The van der Waals surface area contributed by atoms with Gasteiger partial charge in [-0.1, -0.05) is 38.8 Å². The predicted octanol–water partition coefficient (Wildman–Crippen LogP) is 3.55. The Morgan fingerprint density at radius 3 is 2.14 bits per heavy atom. The van der Waals surface area contributed by atoms with E-state index in [1.54, 1.807) is 24.3 Å². The normalized spacial score (nSPS) is 12.7. The van der Waals surface area contributed by atoms with Gasteiger partial charge in [-0.25, -0.2) is 4.79 Å². The molecule has 0 aliphatic heterocycles. The third-order valence-electron chi connectivity index (χ3n) is 4.06. The van der Waals surface area contributed by atoms with E-state index < -0.39 is 5.97 Å². The Balaban J connectivity index is 2.56. The molecule has 0 radical (unpaired) electrons. The molecule has 0 aliphatic carbocycles. The highest BCUT2D eigenvalue weighted by molar-refractivity contribution is 8.00. The SMILES string of the molecule is CCC[C@@H](C)NC(=O)COC(=O)c1ccccc1SCC(=O)N[C@@H](C)CCC. The Kier molecular flexibility index (Phi) is 11.3. The summed E-state index contributed by atoms with van der Waals surface area (Å²) in [7, 11) is 0. The zero-order chi connectivity index (χ0) is 20.9. The molecule has 0 saturated carbocycles. The van der Waals surface area contributed by atoms with E-state index >= 15 is 0 Å². The van der Waals surface area contributed by atoms with Crippen molar-refractivity contribution in [2.45, 2.75) is 70.4 Å². The summed E-state index contributed by atoms with van der Waals surface area (Å²) < 4.78 is 5.15. The molecule has 7 heteroatoms. The summed E-state index contributed by atoms with van der Waals surface area (Å²) in [6.45, 7) is 7.69. The van der Waals surface area contributed by atoms with Gasteiger partial charge in [0.1, 0.15) is 0 Å². The van der Waals surface area contributed by atoms with Crippen LogP contribution in [0.15, 0.2) is 29.2 Å². The molecule has 1 rings (SSSR count). The number of nitrogens with one attached hydrogen (secondary N) is 2. The Bertz CT molecular complexity index is 651. The van der Waals surface area contributed by atoms with Crippen LogP contribution in [-0.2, 0) is 14.3 Å². The third kappa shape index (κ3) is 9.26. The molecule has 2 amide bonds. The molecular weight excluding hydrogens is 376 g/mol. The maximum absolute atomic E-state index is 12.4.